The molecule has 0 bridgehead atoms. The molecule has 0 unspecified atom stereocenters. The van der Waals surface area contributed by atoms with Crippen molar-refractivity contribution in [3.8, 4) is 11.5 Å². The van der Waals surface area contributed by atoms with Gasteiger partial charge in [0.2, 0.25) is 0 Å². The summed E-state index contributed by atoms with van der Waals surface area (Å²) in [4.78, 5) is 11.2. The summed E-state index contributed by atoms with van der Waals surface area (Å²) in [7, 11) is 3.08. The van der Waals surface area contributed by atoms with Crippen LogP contribution in [-0.2, 0) is 4.79 Å². The summed E-state index contributed by atoms with van der Waals surface area (Å²) in [6, 6.07) is 5.34. The largest absolute Gasteiger partial charge is 0.495 e. The van der Waals surface area contributed by atoms with Crippen LogP contribution in [0.1, 0.15) is 0 Å². The van der Waals surface area contributed by atoms with Crippen molar-refractivity contribution >= 4 is 17.7 Å². The molecule has 0 atom stereocenters. The van der Waals surface area contributed by atoms with E-state index in [0.29, 0.717) is 16.4 Å². The summed E-state index contributed by atoms with van der Waals surface area (Å²) in [6.07, 6.45) is 0. The topological polar surface area (TPSA) is 55.8 Å². The van der Waals surface area contributed by atoms with Gasteiger partial charge in [-0.25, -0.2) is 0 Å². The maximum atomic E-state index is 10.5. The highest BCUT2D eigenvalue weighted by Gasteiger charge is 2.11. The van der Waals surface area contributed by atoms with Crippen molar-refractivity contribution < 1.29 is 19.4 Å². The molecule has 0 aliphatic carbocycles. The van der Waals surface area contributed by atoms with Gasteiger partial charge in [-0.1, -0.05) is 6.07 Å². The molecule has 0 aromatic heterocycles. The molecule has 82 valence electrons. The lowest BCUT2D eigenvalue weighted by atomic mass is 10.3. The van der Waals surface area contributed by atoms with Gasteiger partial charge in [-0.3, -0.25) is 4.79 Å². The molecule has 0 aliphatic rings. The van der Waals surface area contributed by atoms with Crippen LogP contribution >= 0.6 is 11.8 Å². The van der Waals surface area contributed by atoms with E-state index in [2.05, 4.69) is 0 Å². The molecule has 0 aliphatic heterocycles. The fraction of sp³-hybridized carbons (Fsp3) is 0.300. The van der Waals surface area contributed by atoms with Crippen molar-refractivity contribution in [2.24, 2.45) is 0 Å². The number of carboxylic acids is 1. The number of carboxylic acid groups (broad SMARTS) is 1. The molecule has 1 rings (SSSR count). The zero-order valence-electron chi connectivity index (χ0n) is 8.52. The quantitative estimate of drug-likeness (QED) is 0.780. The average molecular weight is 228 g/mol. The van der Waals surface area contributed by atoms with Gasteiger partial charge in [0, 0.05) is 0 Å². The Morgan fingerprint density at radius 2 is 1.87 bits per heavy atom. The van der Waals surface area contributed by atoms with Crippen LogP contribution in [0.15, 0.2) is 23.1 Å². The Morgan fingerprint density at radius 1 is 1.33 bits per heavy atom. The molecule has 5 heteroatoms. The molecule has 0 radical (unpaired) electrons. The molecule has 0 heterocycles. The van der Waals surface area contributed by atoms with Crippen LogP contribution in [0.25, 0.3) is 0 Å². The average Bonchev–Trinajstić information content (AvgIpc) is 2.25. The summed E-state index contributed by atoms with van der Waals surface area (Å²) in [5.74, 6) is 0.366. The van der Waals surface area contributed by atoms with E-state index in [1.807, 2.05) is 0 Å². The molecule has 4 nitrogen and oxygen atoms in total. The minimum Gasteiger partial charge on any atom is -0.495 e. The Labute approximate surface area is 92.2 Å². The fourth-order valence-corrected chi connectivity index (χ4v) is 1.95. The van der Waals surface area contributed by atoms with Crippen LogP contribution in [0.4, 0.5) is 0 Å². The van der Waals surface area contributed by atoms with E-state index in [1.165, 1.54) is 11.8 Å². The van der Waals surface area contributed by atoms with Gasteiger partial charge in [0.15, 0.2) is 0 Å². The highest BCUT2D eigenvalue weighted by atomic mass is 32.2. The third-order valence-electron chi connectivity index (χ3n) is 1.72. The molecule has 0 spiro atoms. The number of rotatable bonds is 5. The first kappa shape index (κ1) is 11.7. The van der Waals surface area contributed by atoms with Crippen LogP contribution in [-0.4, -0.2) is 31.0 Å². The maximum absolute atomic E-state index is 10.5. The van der Waals surface area contributed by atoms with Gasteiger partial charge >= 0.3 is 5.97 Å². The maximum Gasteiger partial charge on any atom is 0.313 e. The molecule has 1 aromatic rings. The lowest BCUT2D eigenvalue weighted by molar-refractivity contribution is -0.133. The van der Waals surface area contributed by atoms with Gasteiger partial charge in [-0.15, -0.1) is 11.8 Å². The predicted molar refractivity (Wildman–Crippen MR) is 57.9 cm³/mol. The number of methoxy groups -OCH3 is 2. The van der Waals surface area contributed by atoms with Gasteiger partial charge in [0.25, 0.3) is 0 Å². The molecule has 1 N–H and O–H groups in total. The van der Waals surface area contributed by atoms with Crippen LogP contribution in [0.3, 0.4) is 0 Å². The second-order valence-electron chi connectivity index (χ2n) is 2.67. The van der Waals surface area contributed by atoms with Gasteiger partial charge in [0.1, 0.15) is 11.5 Å². The van der Waals surface area contributed by atoms with E-state index in [-0.39, 0.29) is 5.75 Å². The number of aliphatic carboxylic acids is 1. The summed E-state index contributed by atoms with van der Waals surface area (Å²) < 4.78 is 10.3. The highest BCUT2D eigenvalue weighted by molar-refractivity contribution is 8.00. The Bertz CT molecular complexity index is 329. The van der Waals surface area contributed by atoms with Crippen LogP contribution in [0.2, 0.25) is 0 Å². The number of hydrogen-bond acceptors (Lipinski definition) is 4. The van der Waals surface area contributed by atoms with Crippen LogP contribution in [0, 0.1) is 0 Å². The van der Waals surface area contributed by atoms with Crippen LogP contribution in [0.5, 0.6) is 11.5 Å². The first-order valence-electron chi connectivity index (χ1n) is 4.24. The smallest absolute Gasteiger partial charge is 0.313 e. The van der Waals surface area contributed by atoms with Gasteiger partial charge < -0.3 is 14.6 Å². The number of benzene rings is 1. The lowest BCUT2D eigenvalue weighted by Crippen LogP contribution is -1.99. The molecular weight excluding hydrogens is 216 g/mol. The second kappa shape index (κ2) is 5.50. The monoisotopic (exact) mass is 228 g/mol. The standard InChI is InChI=1S/C10H12O4S/c1-13-7-4-3-5-8(14-2)10(7)15-6-9(11)12/h3-5H,6H2,1-2H3,(H,11,12). The molecule has 0 amide bonds. The van der Waals surface area contributed by atoms with Gasteiger partial charge in [-0.2, -0.15) is 0 Å². The van der Waals surface area contributed by atoms with Crippen molar-refractivity contribution in [2.75, 3.05) is 20.0 Å². The molecule has 1 aromatic carbocycles. The molecule has 15 heavy (non-hydrogen) atoms. The molecule has 0 saturated heterocycles. The summed E-state index contributed by atoms with van der Waals surface area (Å²) in [6.45, 7) is 0. The van der Waals surface area contributed by atoms with E-state index in [9.17, 15) is 4.79 Å². The number of hydrogen-bond donors (Lipinski definition) is 1. The number of ether oxygens (including phenoxy) is 2. The summed E-state index contributed by atoms with van der Waals surface area (Å²) in [5.41, 5.74) is 0. The minimum absolute atomic E-state index is 0.0171. The van der Waals surface area contributed by atoms with E-state index >= 15 is 0 Å². The third-order valence-corrected chi connectivity index (χ3v) is 2.80. The first-order valence-corrected chi connectivity index (χ1v) is 5.23. The Hall–Kier alpha value is -1.36. The summed E-state index contributed by atoms with van der Waals surface area (Å²) in [5, 5.41) is 8.60. The van der Waals surface area contributed by atoms with E-state index < -0.39 is 5.97 Å². The second-order valence-corrected chi connectivity index (χ2v) is 3.66. The Balaban J connectivity index is 2.94. The van der Waals surface area contributed by atoms with Crippen molar-refractivity contribution in [3.05, 3.63) is 18.2 Å². The van der Waals surface area contributed by atoms with Crippen molar-refractivity contribution in [1.82, 2.24) is 0 Å². The minimum atomic E-state index is -0.868. The van der Waals surface area contributed by atoms with Gasteiger partial charge in [-0.05, 0) is 12.1 Å². The molecule has 0 fully saturated rings. The van der Waals surface area contributed by atoms with Crippen molar-refractivity contribution in [3.63, 3.8) is 0 Å². The Kier molecular flexibility index (Phi) is 4.30. The SMILES string of the molecule is COc1cccc(OC)c1SCC(=O)O. The van der Waals surface area contributed by atoms with Crippen LogP contribution < -0.4 is 9.47 Å². The zero-order chi connectivity index (χ0) is 11.3. The number of carbonyl (C=O) groups is 1. The third kappa shape index (κ3) is 3.06. The molecule has 0 saturated carbocycles. The predicted octanol–water partition coefficient (Wildman–Crippen LogP) is 1.88. The normalized spacial score (nSPS) is 9.73. The van der Waals surface area contributed by atoms with Crippen molar-refractivity contribution in [1.29, 1.82) is 0 Å². The van der Waals surface area contributed by atoms with E-state index in [4.69, 9.17) is 14.6 Å². The number of thioether (sulfide) groups is 1. The highest BCUT2D eigenvalue weighted by Crippen LogP contribution is 2.37. The lowest BCUT2D eigenvalue weighted by Gasteiger charge is -2.11. The first-order chi connectivity index (χ1) is 7.19. The van der Waals surface area contributed by atoms with E-state index in [1.54, 1.807) is 32.4 Å². The van der Waals surface area contributed by atoms with E-state index in [0.717, 1.165) is 0 Å². The van der Waals surface area contributed by atoms with Crippen molar-refractivity contribution in [2.45, 2.75) is 4.90 Å². The Morgan fingerprint density at radius 3 is 2.27 bits per heavy atom. The molecular formula is C10H12O4S. The summed E-state index contributed by atoms with van der Waals surface area (Å²) >= 11 is 1.18. The van der Waals surface area contributed by atoms with Gasteiger partial charge in [0.05, 0.1) is 24.9 Å². The fourth-order valence-electron chi connectivity index (χ4n) is 1.09. The zero-order valence-corrected chi connectivity index (χ0v) is 9.34.